The van der Waals surface area contributed by atoms with E-state index in [1.165, 1.54) is 23.6 Å². The van der Waals surface area contributed by atoms with Gasteiger partial charge in [-0.05, 0) is 6.07 Å². The van der Waals surface area contributed by atoms with Crippen LogP contribution in [0.3, 0.4) is 0 Å². The first kappa shape index (κ1) is 10.4. The Morgan fingerprint density at radius 1 is 1.40 bits per heavy atom. The smallest absolute Gasteiger partial charge is 0.142 e. The zero-order chi connectivity index (χ0) is 10.8. The molecule has 78 valence electrons. The third-order valence-corrected chi connectivity index (χ3v) is 3.24. The summed E-state index contributed by atoms with van der Waals surface area (Å²) in [7, 11) is 1.81. The van der Waals surface area contributed by atoms with E-state index in [0.29, 0.717) is 5.56 Å². The first-order chi connectivity index (χ1) is 7.16. The summed E-state index contributed by atoms with van der Waals surface area (Å²) in [6, 6.07) is 1.41. The average Bonchev–Trinajstić information content (AvgIpc) is 2.66. The lowest BCUT2D eigenvalue weighted by atomic mass is 10.3. The van der Waals surface area contributed by atoms with E-state index in [-0.39, 0.29) is 5.82 Å². The summed E-state index contributed by atoms with van der Waals surface area (Å²) in [5.74, 6) is -0.358. The van der Waals surface area contributed by atoms with E-state index in [1.807, 2.05) is 7.05 Å². The van der Waals surface area contributed by atoms with Crippen molar-refractivity contribution in [1.82, 2.24) is 9.97 Å². The first-order valence-corrected chi connectivity index (χ1v) is 5.38. The molecule has 0 saturated heterocycles. The van der Waals surface area contributed by atoms with Crippen LogP contribution in [-0.2, 0) is 0 Å². The molecule has 2 heterocycles. The molecule has 0 aliphatic heterocycles. The number of rotatable bonds is 2. The molecule has 0 radical (unpaired) electrons. The van der Waals surface area contributed by atoms with Crippen LogP contribution in [0.4, 0.5) is 9.39 Å². The normalized spacial score (nSPS) is 10.3. The Bertz CT molecular complexity index is 470. The van der Waals surface area contributed by atoms with Crippen molar-refractivity contribution in [3.8, 4) is 10.6 Å². The van der Waals surface area contributed by atoms with Gasteiger partial charge in [-0.3, -0.25) is 4.98 Å². The highest BCUT2D eigenvalue weighted by atomic mass is 32.1. The van der Waals surface area contributed by atoms with Crippen molar-refractivity contribution in [2.24, 2.45) is 0 Å². The quantitative estimate of drug-likeness (QED) is 0.819. The molecule has 2 aromatic heterocycles. The zero-order valence-electron chi connectivity index (χ0n) is 7.88. The molecular weight excluding hydrogens is 233 g/mol. The number of anilines is 1. The van der Waals surface area contributed by atoms with E-state index in [1.54, 1.807) is 16.7 Å². The lowest BCUT2D eigenvalue weighted by molar-refractivity contribution is 0.622. The first-order valence-electron chi connectivity index (χ1n) is 4.16. The van der Waals surface area contributed by atoms with Crippen LogP contribution in [-0.4, -0.2) is 17.0 Å². The molecule has 0 bridgehead atoms. The Labute approximate surface area is 96.1 Å². The lowest BCUT2D eigenvalue weighted by Gasteiger charge is -2.04. The second-order valence-corrected chi connectivity index (χ2v) is 4.53. The molecule has 0 amide bonds. The predicted molar refractivity (Wildman–Crippen MR) is 62.7 cm³/mol. The summed E-state index contributed by atoms with van der Waals surface area (Å²) < 4.78 is 14.6. The maximum atomic E-state index is 12.9. The number of hydrogen-bond acceptors (Lipinski definition) is 5. The van der Waals surface area contributed by atoms with E-state index in [4.69, 9.17) is 0 Å². The minimum absolute atomic E-state index is 0.358. The van der Waals surface area contributed by atoms with E-state index >= 15 is 0 Å². The zero-order valence-corrected chi connectivity index (χ0v) is 9.60. The molecule has 6 heteroatoms. The summed E-state index contributed by atoms with van der Waals surface area (Å²) in [6.07, 6.45) is 4.45. The minimum Gasteiger partial charge on any atom is -0.312 e. The third-order valence-electron chi connectivity index (χ3n) is 1.76. The Morgan fingerprint density at radius 3 is 2.80 bits per heavy atom. The van der Waals surface area contributed by atoms with Gasteiger partial charge in [-0.15, -0.1) is 0 Å². The minimum atomic E-state index is -0.358. The van der Waals surface area contributed by atoms with Crippen molar-refractivity contribution in [1.29, 1.82) is 0 Å². The molecular formula is C9H8FN3S2. The van der Waals surface area contributed by atoms with Gasteiger partial charge in [0.2, 0.25) is 0 Å². The van der Waals surface area contributed by atoms with E-state index in [9.17, 15) is 4.39 Å². The number of aromatic nitrogens is 2. The molecule has 0 fully saturated rings. The number of thiazole rings is 1. The second kappa shape index (κ2) is 4.16. The van der Waals surface area contributed by atoms with E-state index in [0.717, 1.165) is 10.0 Å². The van der Waals surface area contributed by atoms with Crippen molar-refractivity contribution in [3.05, 3.63) is 30.5 Å². The fourth-order valence-corrected chi connectivity index (χ4v) is 2.02. The second-order valence-electron chi connectivity index (χ2n) is 2.92. The maximum absolute atomic E-state index is 12.9. The molecule has 3 nitrogen and oxygen atoms in total. The summed E-state index contributed by atoms with van der Waals surface area (Å²) in [5, 5.41) is 1.63. The standard InChI is InChI=1S/C9H8FN3S2/c1-13(14)8-5-12-9(15-8)6-2-7(10)4-11-3-6/h2-5,14H,1H3. The van der Waals surface area contributed by atoms with Gasteiger partial charge in [0.25, 0.3) is 0 Å². The topological polar surface area (TPSA) is 29.0 Å². The van der Waals surface area contributed by atoms with Crippen LogP contribution in [0.25, 0.3) is 10.6 Å². The van der Waals surface area contributed by atoms with Gasteiger partial charge in [-0.25, -0.2) is 9.37 Å². The Hall–Kier alpha value is -1.14. The molecule has 0 unspecified atom stereocenters. The number of thiol groups is 1. The predicted octanol–water partition coefficient (Wildman–Crippen LogP) is 2.63. The highest BCUT2D eigenvalue weighted by Gasteiger charge is 2.07. The Morgan fingerprint density at radius 2 is 2.20 bits per heavy atom. The van der Waals surface area contributed by atoms with Crippen LogP contribution >= 0.6 is 24.2 Å². The average molecular weight is 241 g/mol. The molecule has 0 spiro atoms. The van der Waals surface area contributed by atoms with Crippen molar-refractivity contribution in [3.63, 3.8) is 0 Å². The number of hydrogen-bond donors (Lipinski definition) is 1. The molecule has 0 atom stereocenters. The fraction of sp³-hybridized carbons (Fsp3) is 0.111. The lowest BCUT2D eigenvalue weighted by Crippen LogP contribution is -1.96. The third kappa shape index (κ3) is 2.27. The van der Waals surface area contributed by atoms with Gasteiger partial charge in [0.15, 0.2) is 0 Å². The van der Waals surface area contributed by atoms with Gasteiger partial charge in [-0.2, -0.15) is 0 Å². The van der Waals surface area contributed by atoms with Crippen LogP contribution in [0.1, 0.15) is 0 Å². The maximum Gasteiger partial charge on any atom is 0.142 e. The van der Waals surface area contributed by atoms with Gasteiger partial charge in [0.1, 0.15) is 15.8 Å². The SMILES string of the molecule is CN(S)c1cnc(-c2cncc(F)c2)s1. The van der Waals surface area contributed by atoms with Crippen molar-refractivity contribution in [2.75, 3.05) is 11.4 Å². The van der Waals surface area contributed by atoms with Gasteiger partial charge < -0.3 is 4.31 Å². The summed E-state index contributed by atoms with van der Waals surface area (Å²) in [4.78, 5) is 7.94. The van der Waals surface area contributed by atoms with Crippen molar-refractivity contribution < 1.29 is 4.39 Å². The van der Waals surface area contributed by atoms with Crippen LogP contribution in [0, 0.1) is 5.82 Å². The summed E-state index contributed by atoms with van der Waals surface area (Å²) >= 11 is 5.58. The number of nitrogens with zero attached hydrogens (tertiary/aromatic N) is 3. The Balaban J connectivity index is 2.37. The molecule has 2 rings (SSSR count). The molecule has 0 N–H and O–H groups in total. The summed E-state index contributed by atoms with van der Waals surface area (Å²) in [5.41, 5.74) is 0.682. The summed E-state index contributed by atoms with van der Waals surface area (Å²) in [6.45, 7) is 0. The number of halogens is 1. The molecule has 0 aromatic carbocycles. The van der Waals surface area contributed by atoms with Crippen molar-refractivity contribution in [2.45, 2.75) is 0 Å². The number of pyridine rings is 1. The van der Waals surface area contributed by atoms with Gasteiger partial charge >= 0.3 is 0 Å². The van der Waals surface area contributed by atoms with Gasteiger partial charge in [0, 0.05) is 18.8 Å². The molecule has 0 aliphatic carbocycles. The van der Waals surface area contributed by atoms with Crippen molar-refractivity contribution >= 4 is 29.2 Å². The Kier molecular flexibility index (Phi) is 2.88. The van der Waals surface area contributed by atoms with Crippen LogP contribution in [0.5, 0.6) is 0 Å². The van der Waals surface area contributed by atoms with Gasteiger partial charge in [-0.1, -0.05) is 24.2 Å². The molecule has 15 heavy (non-hydrogen) atoms. The molecule has 0 aliphatic rings. The highest BCUT2D eigenvalue weighted by Crippen LogP contribution is 2.30. The van der Waals surface area contributed by atoms with E-state index in [2.05, 4.69) is 22.8 Å². The largest absolute Gasteiger partial charge is 0.312 e. The highest BCUT2D eigenvalue weighted by molar-refractivity contribution is 7.82. The monoisotopic (exact) mass is 241 g/mol. The van der Waals surface area contributed by atoms with Crippen LogP contribution < -0.4 is 4.31 Å². The van der Waals surface area contributed by atoms with Gasteiger partial charge in [0.05, 0.1) is 12.4 Å². The fourth-order valence-electron chi connectivity index (χ4n) is 1.08. The van der Waals surface area contributed by atoms with E-state index < -0.39 is 0 Å². The van der Waals surface area contributed by atoms with Crippen LogP contribution in [0.2, 0.25) is 0 Å². The molecule has 2 aromatic rings. The molecule has 0 saturated carbocycles. The van der Waals surface area contributed by atoms with Crippen LogP contribution in [0.15, 0.2) is 24.7 Å².